The van der Waals surface area contributed by atoms with Crippen LogP contribution in [0.15, 0.2) is 48.5 Å². The molecule has 2 N–H and O–H groups in total. The van der Waals surface area contributed by atoms with E-state index in [1.165, 1.54) is 22.9 Å². The van der Waals surface area contributed by atoms with Crippen molar-refractivity contribution in [3.05, 3.63) is 64.3 Å². The highest BCUT2D eigenvalue weighted by Crippen LogP contribution is 2.38. The summed E-state index contributed by atoms with van der Waals surface area (Å²) in [5, 5.41) is 20.8. The maximum atomic E-state index is 12.6. The number of nitro groups is 1. The smallest absolute Gasteiger partial charge is 0.271 e. The minimum Gasteiger partial charge on any atom is -0.497 e. The number of benzene rings is 2. The van der Waals surface area contributed by atoms with Crippen LogP contribution in [-0.2, 0) is 9.59 Å². The number of nitro benzene ring substituents is 1. The molecule has 1 atom stereocenters. The molecule has 2 aromatic carbocycles. The number of fused-ring (bicyclic) bond motifs is 1. The zero-order valence-corrected chi connectivity index (χ0v) is 16.8. The first-order valence-electron chi connectivity index (χ1n) is 9.46. The topological polar surface area (TPSA) is 128 Å². The quantitative estimate of drug-likeness (QED) is 0.464. The van der Waals surface area contributed by atoms with Crippen LogP contribution in [0.2, 0.25) is 0 Å². The first-order chi connectivity index (χ1) is 14.9. The number of aryl methyl sites for hydroxylation is 1. The minimum atomic E-state index is -0.820. The van der Waals surface area contributed by atoms with Crippen molar-refractivity contribution in [1.29, 1.82) is 0 Å². The summed E-state index contributed by atoms with van der Waals surface area (Å²) in [7, 11) is 1.58. The SMILES string of the molecule is COc1ccc(-c2c(C)nn3c2NC(=O)C3CC(=O)Nc2cccc([N+](=O)[O-])c2)cc1. The summed E-state index contributed by atoms with van der Waals surface area (Å²) in [6.45, 7) is 1.83. The predicted octanol–water partition coefficient (Wildman–Crippen LogP) is 3.30. The van der Waals surface area contributed by atoms with E-state index in [1.54, 1.807) is 13.2 Å². The maximum Gasteiger partial charge on any atom is 0.271 e. The van der Waals surface area contributed by atoms with Gasteiger partial charge in [-0.1, -0.05) is 18.2 Å². The fourth-order valence-electron chi connectivity index (χ4n) is 3.57. The number of carbonyl (C=O) groups is 2. The van der Waals surface area contributed by atoms with E-state index in [1.807, 2.05) is 31.2 Å². The fourth-order valence-corrected chi connectivity index (χ4v) is 3.57. The van der Waals surface area contributed by atoms with E-state index in [4.69, 9.17) is 4.74 Å². The lowest BCUT2D eigenvalue weighted by atomic mass is 10.1. The lowest BCUT2D eigenvalue weighted by molar-refractivity contribution is -0.384. The highest BCUT2D eigenvalue weighted by atomic mass is 16.6. The first kappa shape index (κ1) is 20.1. The van der Waals surface area contributed by atoms with Gasteiger partial charge >= 0.3 is 0 Å². The van der Waals surface area contributed by atoms with Gasteiger partial charge in [0.25, 0.3) is 11.6 Å². The molecular formula is C21H19N5O5. The highest BCUT2D eigenvalue weighted by Gasteiger charge is 2.36. The van der Waals surface area contributed by atoms with E-state index in [9.17, 15) is 19.7 Å². The van der Waals surface area contributed by atoms with Crippen molar-refractivity contribution < 1.29 is 19.2 Å². The number of carbonyl (C=O) groups excluding carboxylic acids is 2. The fraction of sp³-hybridized carbons (Fsp3) is 0.190. The van der Waals surface area contributed by atoms with E-state index in [0.717, 1.165) is 11.1 Å². The van der Waals surface area contributed by atoms with Crippen LogP contribution in [0, 0.1) is 17.0 Å². The van der Waals surface area contributed by atoms with Crippen molar-refractivity contribution in [1.82, 2.24) is 9.78 Å². The summed E-state index contributed by atoms with van der Waals surface area (Å²) in [6, 6.07) is 12.2. The van der Waals surface area contributed by atoms with E-state index in [-0.39, 0.29) is 23.7 Å². The molecule has 0 spiro atoms. The normalized spacial score (nSPS) is 14.6. The number of rotatable bonds is 6. The van der Waals surface area contributed by atoms with Crippen molar-refractivity contribution in [2.75, 3.05) is 17.7 Å². The molecule has 1 aliphatic heterocycles. The third-order valence-electron chi connectivity index (χ3n) is 5.02. The van der Waals surface area contributed by atoms with Gasteiger partial charge in [-0.05, 0) is 30.7 Å². The van der Waals surface area contributed by atoms with Gasteiger partial charge in [-0.2, -0.15) is 5.10 Å². The molecule has 0 radical (unpaired) electrons. The van der Waals surface area contributed by atoms with Crippen LogP contribution < -0.4 is 15.4 Å². The van der Waals surface area contributed by atoms with Crippen molar-refractivity contribution in [3.8, 4) is 16.9 Å². The molecule has 2 heterocycles. The highest BCUT2D eigenvalue weighted by molar-refractivity contribution is 6.04. The van der Waals surface area contributed by atoms with Crippen molar-refractivity contribution in [3.63, 3.8) is 0 Å². The zero-order valence-electron chi connectivity index (χ0n) is 16.8. The van der Waals surface area contributed by atoms with Gasteiger partial charge in [-0.25, -0.2) is 4.68 Å². The van der Waals surface area contributed by atoms with E-state index >= 15 is 0 Å². The Labute approximate surface area is 177 Å². The van der Waals surface area contributed by atoms with Crippen LogP contribution >= 0.6 is 0 Å². The summed E-state index contributed by atoms with van der Waals surface area (Å²) in [6.07, 6.45) is -0.162. The summed E-state index contributed by atoms with van der Waals surface area (Å²) >= 11 is 0. The maximum absolute atomic E-state index is 12.6. The summed E-state index contributed by atoms with van der Waals surface area (Å²) in [5.74, 6) is 0.449. The van der Waals surface area contributed by atoms with Crippen LogP contribution in [0.25, 0.3) is 11.1 Å². The van der Waals surface area contributed by atoms with E-state index in [0.29, 0.717) is 17.3 Å². The molecule has 0 saturated heterocycles. The van der Waals surface area contributed by atoms with Gasteiger partial charge in [0.1, 0.15) is 17.6 Å². The number of hydrogen-bond donors (Lipinski definition) is 2. The van der Waals surface area contributed by atoms with E-state index < -0.39 is 16.9 Å². The van der Waals surface area contributed by atoms with Gasteiger partial charge in [-0.3, -0.25) is 19.7 Å². The third-order valence-corrected chi connectivity index (χ3v) is 5.02. The summed E-state index contributed by atoms with van der Waals surface area (Å²) < 4.78 is 6.70. The average Bonchev–Trinajstić information content (AvgIpc) is 3.22. The molecule has 158 valence electrons. The molecule has 0 fully saturated rings. The zero-order chi connectivity index (χ0) is 22.1. The molecule has 4 rings (SSSR count). The monoisotopic (exact) mass is 421 g/mol. The number of ether oxygens (including phenoxy) is 1. The molecule has 0 saturated carbocycles. The van der Waals surface area contributed by atoms with Gasteiger partial charge < -0.3 is 15.4 Å². The van der Waals surface area contributed by atoms with Crippen molar-refractivity contribution >= 4 is 29.0 Å². The Hall–Kier alpha value is -4.21. The Bertz CT molecular complexity index is 1190. The third kappa shape index (κ3) is 3.82. The Morgan fingerprint density at radius 2 is 2.03 bits per heavy atom. The lowest BCUT2D eigenvalue weighted by Gasteiger charge is -2.10. The molecule has 1 aliphatic rings. The molecule has 31 heavy (non-hydrogen) atoms. The van der Waals surface area contributed by atoms with Gasteiger partial charge in [0.15, 0.2) is 0 Å². The molecule has 10 heteroatoms. The molecule has 0 bridgehead atoms. The number of hydrogen-bond acceptors (Lipinski definition) is 6. The number of methoxy groups -OCH3 is 1. The molecule has 1 aromatic heterocycles. The standard InChI is InChI=1S/C21H19N5O5/c1-12-19(13-6-8-16(31-2)9-7-13)20-23-21(28)17(25(20)24-12)11-18(27)22-14-4-3-5-15(10-14)26(29)30/h3-10,17H,11H2,1-2H3,(H,22,27)(H,23,28). The molecular weight excluding hydrogens is 402 g/mol. The van der Waals surface area contributed by atoms with Crippen molar-refractivity contribution in [2.24, 2.45) is 0 Å². The van der Waals surface area contributed by atoms with Crippen LogP contribution in [0.1, 0.15) is 18.2 Å². The van der Waals surface area contributed by atoms with Crippen molar-refractivity contribution in [2.45, 2.75) is 19.4 Å². The van der Waals surface area contributed by atoms with Crippen LogP contribution in [-0.4, -0.2) is 33.6 Å². The molecule has 1 unspecified atom stereocenters. The Kier molecular flexibility index (Phi) is 5.12. The Balaban J connectivity index is 1.55. The Morgan fingerprint density at radius 3 is 2.71 bits per heavy atom. The van der Waals surface area contributed by atoms with Gasteiger partial charge in [0.2, 0.25) is 5.91 Å². The molecule has 0 aliphatic carbocycles. The first-order valence-corrected chi connectivity index (χ1v) is 9.46. The van der Waals surface area contributed by atoms with Gasteiger partial charge in [-0.15, -0.1) is 0 Å². The lowest BCUT2D eigenvalue weighted by Crippen LogP contribution is -2.23. The predicted molar refractivity (Wildman–Crippen MR) is 113 cm³/mol. The minimum absolute atomic E-state index is 0.134. The number of nitrogens with one attached hydrogen (secondary N) is 2. The Morgan fingerprint density at radius 1 is 1.29 bits per heavy atom. The number of amides is 2. The van der Waals surface area contributed by atoms with Gasteiger partial charge in [0, 0.05) is 23.4 Å². The second-order valence-corrected chi connectivity index (χ2v) is 7.05. The molecule has 10 nitrogen and oxygen atoms in total. The number of aromatic nitrogens is 2. The average molecular weight is 421 g/mol. The summed E-state index contributed by atoms with van der Waals surface area (Å²) in [5.41, 5.74) is 2.50. The largest absolute Gasteiger partial charge is 0.497 e. The number of anilines is 2. The second-order valence-electron chi connectivity index (χ2n) is 7.05. The van der Waals surface area contributed by atoms with Crippen LogP contribution in [0.5, 0.6) is 5.75 Å². The number of non-ortho nitro benzene ring substituents is 1. The second kappa shape index (κ2) is 7.90. The summed E-state index contributed by atoms with van der Waals surface area (Å²) in [4.78, 5) is 35.4. The van der Waals surface area contributed by atoms with E-state index in [2.05, 4.69) is 15.7 Å². The molecule has 3 aromatic rings. The number of nitrogens with zero attached hydrogens (tertiary/aromatic N) is 3. The van der Waals surface area contributed by atoms with Crippen LogP contribution in [0.4, 0.5) is 17.2 Å². The van der Waals surface area contributed by atoms with Gasteiger partial charge in [0.05, 0.1) is 24.1 Å². The van der Waals surface area contributed by atoms with Crippen LogP contribution in [0.3, 0.4) is 0 Å². The molecule has 2 amide bonds.